The van der Waals surface area contributed by atoms with Crippen LogP contribution in [0.1, 0.15) is 32.3 Å². The second-order valence-corrected chi connectivity index (χ2v) is 4.65. The normalized spacial score (nSPS) is 19.9. The van der Waals surface area contributed by atoms with Crippen molar-refractivity contribution >= 4 is 11.6 Å². The Balaban J connectivity index is 2.28. The minimum absolute atomic E-state index is 0.235. The summed E-state index contributed by atoms with van der Waals surface area (Å²) in [6.07, 6.45) is 4.17. The summed E-state index contributed by atoms with van der Waals surface area (Å²) in [6.45, 7) is 6.67. The first-order valence-electron chi connectivity index (χ1n) is 6.77. The van der Waals surface area contributed by atoms with E-state index in [0.717, 1.165) is 49.6 Å². The van der Waals surface area contributed by atoms with E-state index in [4.69, 9.17) is 0 Å². The Bertz CT molecular complexity index is 397. The summed E-state index contributed by atoms with van der Waals surface area (Å²) in [5, 5.41) is 13.1. The SMILES string of the molecule is CCNc1ncnc(N2CCCC(O)C2)c1CC. The number of piperidine rings is 1. The molecule has 0 bridgehead atoms. The number of hydrogen-bond acceptors (Lipinski definition) is 5. The second kappa shape index (κ2) is 6.00. The molecule has 5 nitrogen and oxygen atoms in total. The summed E-state index contributed by atoms with van der Waals surface area (Å²) in [6, 6.07) is 0. The fourth-order valence-corrected chi connectivity index (χ4v) is 2.47. The summed E-state index contributed by atoms with van der Waals surface area (Å²) < 4.78 is 0. The molecule has 0 spiro atoms. The lowest BCUT2D eigenvalue weighted by molar-refractivity contribution is 0.154. The first kappa shape index (κ1) is 13.1. The zero-order valence-electron chi connectivity index (χ0n) is 11.2. The van der Waals surface area contributed by atoms with Crippen molar-refractivity contribution in [2.75, 3.05) is 29.9 Å². The van der Waals surface area contributed by atoms with E-state index in [1.54, 1.807) is 6.33 Å². The van der Waals surface area contributed by atoms with Crippen LogP contribution in [0.5, 0.6) is 0 Å². The van der Waals surface area contributed by atoms with Gasteiger partial charge in [0.25, 0.3) is 0 Å². The lowest BCUT2D eigenvalue weighted by atomic mass is 10.1. The van der Waals surface area contributed by atoms with E-state index in [1.807, 2.05) is 0 Å². The van der Waals surface area contributed by atoms with Crippen LogP contribution in [0.3, 0.4) is 0 Å². The molecule has 18 heavy (non-hydrogen) atoms. The van der Waals surface area contributed by atoms with Crippen molar-refractivity contribution in [3.05, 3.63) is 11.9 Å². The maximum absolute atomic E-state index is 9.78. The highest BCUT2D eigenvalue weighted by Crippen LogP contribution is 2.26. The van der Waals surface area contributed by atoms with Crippen molar-refractivity contribution < 1.29 is 5.11 Å². The Kier molecular flexibility index (Phi) is 4.36. The van der Waals surface area contributed by atoms with Gasteiger partial charge in [-0.05, 0) is 26.2 Å². The third-order valence-corrected chi connectivity index (χ3v) is 3.32. The van der Waals surface area contributed by atoms with Gasteiger partial charge in [-0.15, -0.1) is 0 Å². The second-order valence-electron chi connectivity index (χ2n) is 4.65. The van der Waals surface area contributed by atoms with Gasteiger partial charge in [-0.3, -0.25) is 0 Å². The molecule has 100 valence electrons. The molecule has 0 radical (unpaired) electrons. The Labute approximate surface area is 108 Å². The van der Waals surface area contributed by atoms with Gasteiger partial charge in [0, 0.05) is 25.2 Å². The number of β-amino-alcohol motifs (C(OH)–C–C–N with tert-alkyl or cyclic N) is 1. The van der Waals surface area contributed by atoms with Gasteiger partial charge in [-0.2, -0.15) is 0 Å². The van der Waals surface area contributed by atoms with Gasteiger partial charge < -0.3 is 15.3 Å². The lowest BCUT2D eigenvalue weighted by Gasteiger charge is -2.32. The van der Waals surface area contributed by atoms with Crippen molar-refractivity contribution in [1.29, 1.82) is 0 Å². The van der Waals surface area contributed by atoms with Gasteiger partial charge in [-0.1, -0.05) is 6.92 Å². The van der Waals surface area contributed by atoms with Gasteiger partial charge in [0.1, 0.15) is 18.0 Å². The molecule has 0 saturated carbocycles. The Morgan fingerprint density at radius 1 is 1.44 bits per heavy atom. The number of aromatic nitrogens is 2. The quantitative estimate of drug-likeness (QED) is 0.846. The fraction of sp³-hybridized carbons (Fsp3) is 0.692. The first-order chi connectivity index (χ1) is 8.76. The molecule has 1 aliphatic rings. The van der Waals surface area contributed by atoms with Gasteiger partial charge in [0.05, 0.1) is 6.10 Å². The van der Waals surface area contributed by atoms with Crippen LogP contribution in [0.2, 0.25) is 0 Å². The topological polar surface area (TPSA) is 61.3 Å². The van der Waals surface area contributed by atoms with Crippen LogP contribution in [0, 0.1) is 0 Å². The highest BCUT2D eigenvalue weighted by molar-refractivity contribution is 5.59. The molecule has 1 aromatic rings. The van der Waals surface area contributed by atoms with Crippen LogP contribution in [-0.4, -0.2) is 40.8 Å². The van der Waals surface area contributed by atoms with Crippen LogP contribution in [0.25, 0.3) is 0 Å². The van der Waals surface area contributed by atoms with Crippen molar-refractivity contribution in [2.45, 2.75) is 39.2 Å². The molecule has 5 heteroatoms. The molecule has 2 rings (SSSR count). The number of nitrogens with one attached hydrogen (secondary N) is 1. The summed E-state index contributed by atoms with van der Waals surface area (Å²) in [4.78, 5) is 10.9. The molecular weight excluding hydrogens is 228 g/mol. The average molecular weight is 250 g/mol. The highest BCUT2D eigenvalue weighted by Gasteiger charge is 2.22. The molecule has 1 unspecified atom stereocenters. The molecule has 2 N–H and O–H groups in total. The van der Waals surface area contributed by atoms with E-state index < -0.39 is 0 Å². The van der Waals surface area contributed by atoms with E-state index in [0.29, 0.717) is 6.54 Å². The lowest BCUT2D eigenvalue weighted by Crippen LogP contribution is -2.39. The van der Waals surface area contributed by atoms with Gasteiger partial charge in [0.15, 0.2) is 0 Å². The number of nitrogens with zero attached hydrogens (tertiary/aromatic N) is 3. The van der Waals surface area contributed by atoms with Gasteiger partial charge in [0.2, 0.25) is 0 Å². The molecular formula is C13H22N4O. The molecule has 1 aromatic heterocycles. The van der Waals surface area contributed by atoms with Crippen LogP contribution in [0.4, 0.5) is 11.6 Å². The Morgan fingerprint density at radius 2 is 2.28 bits per heavy atom. The minimum atomic E-state index is -0.235. The predicted octanol–water partition coefficient (Wildman–Crippen LogP) is 1.43. The summed E-state index contributed by atoms with van der Waals surface area (Å²) in [5.41, 5.74) is 1.15. The third kappa shape index (κ3) is 2.72. The molecule has 0 aliphatic carbocycles. The minimum Gasteiger partial charge on any atom is -0.391 e. The van der Waals surface area contributed by atoms with Crippen LogP contribution >= 0.6 is 0 Å². The van der Waals surface area contributed by atoms with Crippen molar-refractivity contribution in [3.63, 3.8) is 0 Å². The van der Waals surface area contributed by atoms with E-state index >= 15 is 0 Å². The van der Waals surface area contributed by atoms with Crippen molar-refractivity contribution in [3.8, 4) is 0 Å². The van der Waals surface area contributed by atoms with Crippen molar-refractivity contribution in [1.82, 2.24) is 9.97 Å². The van der Waals surface area contributed by atoms with E-state index in [9.17, 15) is 5.11 Å². The first-order valence-corrected chi connectivity index (χ1v) is 6.77. The largest absolute Gasteiger partial charge is 0.391 e. The van der Waals surface area contributed by atoms with Crippen molar-refractivity contribution in [2.24, 2.45) is 0 Å². The maximum Gasteiger partial charge on any atom is 0.137 e. The number of hydrogen-bond donors (Lipinski definition) is 2. The molecule has 1 aliphatic heterocycles. The monoisotopic (exact) mass is 250 g/mol. The molecule has 1 saturated heterocycles. The molecule has 0 amide bonds. The number of anilines is 2. The number of rotatable bonds is 4. The Morgan fingerprint density at radius 3 is 2.94 bits per heavy atom. The molecule has 2 heterocycles. The van der Waals surface area contributed by atoms with Gasteiger partial charge in [-0.25, -0.2) is 9.97 Å². The van der Waals surface area contributed by atoms with Crippen LogP contribution < -0.4 is 10.2 Å². The molecule has 1 fully saturated rings. The van der Waals surface area contributed by atoms with E-state index in [1.165, 1.54) is 0 Å². The van der Waals surface area contributed by atoms with Crippen LogP contribution in [-0.2, 0) is 6.42 Å². The number of aliphatic hydroxyl groups is 1. The van der Waals surface area contributed by atoms with E-state index in [-0.39, 0.29) is 6.10 Å². The standard InChI is InChI=1S/C13H22N4O/c1-3-11-12(14-4-2)15-9-16-13(11)17-7-5-6-10(18)8-17/h9-10,18H,3-8H2,1-2H3,(H,14,15,16). The third-order valence-electron chi connectivity index (χ3n) is 3.32. The summed E-state index contributed by atoms with van der Waals surface area (Å²) in [5.74, 6) is 1.90. The summed E-state index contributed by atoms with van der Waals surface area (Å²) >= 11 is 0. The fourth-order valence-electron chi connectivity index (χ4n) is 2.47. The average Bonchev–Trinajstić information content (AvgIpc) is 2.39. The zero-order chi connectivity index (χ0) is 13.0. The Hall–Kier alpha value is -1.36. The smallest absolute Gasteiger partial charge is 0.137 e. The van der Waals surface area contributed by atoms with Crippen LogP contribution in [0.15, 0.2) is 6.33 Å². The molecule has 0 aromatic carbocycles. The highest BCUT2D eigenvalue weighted by atomic mass is 16.3. The molecule has 1 atom stereocenters. The number of aliphatic hydroxyl groups excluding tert-OH is 1. The zero-order valence-corrected chi connectivity index (χ0v) is 11.2. The van der Waals surface area contributed by atoms with Gasteiger partial charge >= 0.3 is 0 Å². The maximum atomic E-state index is 9.78. The predicted molar refractivity (Wildman–Crippen MR) is 73.0 cm³/mol. The van der Waals surface area contributed by atoms with E-state index in [2.05, 4.69) is 34.0 Å². The summed E-state index contributed by atoms with van der Waals surface area (Å²) in [7, 11) is 0.